The van der Waals surface area contributed by atoms with Crippen LogP contribution < -0.4 is 10.4 Å². The molecule has 0 saturated carbocycles. The van der Waals surface area contributed by atoms with Crippen molar-refractivity contribution in [2.24, 2.45) is 0 Å². The highest BCUT2D eigenvalue weighted by Crippen LogP contribution is 2.27. The molecule has 0 aliphatic heterocycles. The summed E-state index contributed by atoms with van der Waals surface area (Å²) in [5.41, 5.74) is 1.06. The molecule has 0 spiro atoms. The summed E-state index contributed by atoms with van der Waals surface area (Å²) in [5, 5.41) is 0.845. The number of hydrogen-bond donors (Lipinski definition) is 0. The Balaban J connectivity index is 1.86. The number of imidazole rings is 1. The number of fused-ring (bicyclic) bond motifs is 1. The van der Waals surface area contributed by atoms with Gasteiger partial charge in [0.1, 0.15) is 17.9 Å². The van der Waals surface area contributed by atoms with Crippen molar-refractivity contribution in [1.82, 2.24) is 9.55 Å². The minimum absolute atomic E-state index is 0.342. The molecule has 5 heteroatoms. The van der Waals surface area contributed by atoms with Crippen LogP contribution in [0.1, 0.15) is 5.56 Å². The van der Waals surface area contributed by atoms with E-state index in [9.17, 15) is 4.79 Å². The number of aromatic nitrogens is 2. The van der Waals surface area contributed by atoms with Crippen LogP contribution in [0.5, 0.6) is 5.75 Å². The topological polar surface area (TPSA) is 57.3 Å². The fourth-order valence-corrected chi connectivity index (χ4v) is 2.17. The Morgan fingerprint density at radius 1 is 1.40 bits per heavy atom. The monoisotopic (exact) mass is 270 g/mol. The Kier molecular flexibility index (Phi) is 3.25. The third-order valence-corrected chi connectivity index (χ3v) is 3.09. The van der Waals surface area contributed by atoms with Crippen LogP contribution in [0, 0.1) is 6.92 Å². The van der Waals surface area contributed by atoms with E-state index < -0.39 is 0 Å². The largest absolute Gasteiger partial charge is 0.491 e. The van der Waals surface area contributed by atoms with Crippen molar-refractivity contribution in [2.75, 3.05) is 6.61 Å². The number of ether oxygens (including phenoxy) is 1. The van der Waals surface area contributed by atoms with Gasteiger partial charge in [0.15, 0.2) is 0 Å². The van der Waals surface area contributed by atoms with Gasteiger partial charge in [-0.3, -0.25) is 0 Å². The molecule has 1 aromatic carbocycles. The zero-order chi connectivity index (χ0) is 13.9. The van der Waals surface area contributed by atoms with Crippen LogP contribution in [0.3, 0.4) is 0 Å². The fraction of sp³-hybridized carbons (Fsp3) is 0.200. The number of benzene rings is 1. The minimum Gasteiger partial charge on any atom is -0.491 e. The third-order valence-electron chi connectivity index (χ3n) is 3.09. The van der Waals surface area contributed by atoms with Crippen molar-refractivity contribution in [3.63, 3.8) is 0 Å². The maximum absolute atomic E-state index is 11.4. The van der Waals surface area contributed by atoms with Gasteiger partial charge in [-0.25, -0.2) is 9.78 Å². The van der Waals surface area contributed by atoms with Gasteiger partial charge in [0.25, 0.3) is 0 Å². The molecule has 0 N–H and O–H groups in total. The van der Waals surface area contributed by atoms with Crippen LogP contribution in [0.25, 0.3) is 11.0 Å². The minimum atomic E-state index is -0.342. The highest BCUT2D eigenvalue weighted by molar-refractivity contribution is 5.86. The first-order chi connectivity index (χ1) is 9.74. The van der Waals surface area contributed by atoms with Crippen LogP contribution >= 0.6 is 0 Å². The van der Waals surface area contributed by atoms with E-state index in [-0.39, 0.29) is 5.63 Å². The SMILES string of the molecule is Cc1cc(=O)oc2cccc(OCCn3ccnc3)c12. The lowest BCUT2D eigenvalue weighted by atomic mass is 10.1. The molecule has 2 heterocycles. The van der Waals surface area contributed by atoms with Crippen LogP contribution in [-0.2, 0) is 6.54 Å². The summed E-state index contributed by atoms with van der Waals surface area (Å²) in [6.45, 7) is 3.11. The predicted molar refractivity (Wildman–Crippen MR) is 74.9 cm³/mol. The normalized spacial score (nSPS) is 10.8. The summed E-state index contributed by atoms with van der Waals surface area (Å²) in [4.78, 5) is 15.3. The molecule has 0 fully saturated rings. The molecular weight excluding hydrogens is 256 g/mol. The molecule has 0 radical (unpaired) electrons. The van der Waals surface area contributed by atoms with E-state index in [1.54, 1.807) is 18.6 Å². The first-order valence-corrected chi connectivity index (χ1v) is 6.36. The van der Waals surface area contributed by atoms with Gasteiger partial charge in [-0.05, 0) is 24.6 Å². The second-order valence-corrected chi connectivity index (χ2v) is 4.53. The molecular formula is C15H14N2O3. The van der Waals surface area contributed by atoms with Crippen LogP contribution in [0.4, 0.5) is 0 Å². The zero-order valence-electron chi connectivity index (χ0n) is 11.1. The van der Waals surface area contributed by atoms with Crippen molar-refractivity contribution in [1.29, 1.82) is 0 Å². The molecule has 2 aromatic heterocycles. The number of hydrogen-bond acceptors (Lipinski definition) is 4. The standard InChI is InChI=1S/C15H14N2O3/c1-11-9-14(18)20-13-4-2-3-12(15(11)13)19-8-7-17-6-5-16-10-17/h2-6,9-10H,7-8H2,1H3. The van der Waals surface area contributed by atoms with Crippen molar-refractivity contribution < 1.29 is 9.15 Å². The fourth-order valence-electron chi connectivity index (χ4n) is 2.17. The van der Waals surface area contributed by atoms with Gasteiger partial charge < -0.3 is 13.7 Å². The highest BCUT2D eigenvalue weighted by atomic mass is 16.5. The Morgan fingerprint density at radius 3 is 3.10 bits per heavy atom. The van der Waals surface area contributed by atoms with Gasteiger partial charge in [0, 0.05) is 18.5 Å². The number of rotatable bonds is 4. The van der Waals surface area contributed by atoms with E-state index in [0.29, 0.717) is 18.7 Å². The van der Waals surface area contributed by atoms with Gasteiger partial charge in [-0.1, -0.05) is 6.07 Å². The average molecular weight is 270 g/mol. The molecule has 0 unspecified atom stereocenters. The average Bonchev–Trinajstić information content (AvgIpc) is 2.91. The lowest BCUT2D eigenvalue weighted by Crippen LogP contribution is -2.07. The zero-order valence-corrected chi connectivity index (χ0v) is 11.1. The van der Waals surface area contributed by atoms with Gasteiger partial charge in [0.2, 0.25) is 0 Å². The summed E-state index contributed by atoms with van der Waals surface area (Å²) in [7, 11) is 0. The van der Waals surface area contributed by atoms with Crippen molar-refractivity contribution in [2.45, 2.75) is 13.5 Å². The second kappa shape index (κ2) is 5.21. The number of nitrogens with zero attached hydrogens (tertiary/aromatic N) is 2. The molecule has 0 bridgehead atoms. The first-order valence-electron chi connectivity index (χ1n) is 6.36. The van der Waals surface area contributed by atoms with E-state index >= 15 is 0 Å². The Bertz CT molecular complexity index is 775. The Morgan fingerprint density at radius 2 is 2.30 bits per heavy atom. The molecule has 3 aromatic rings. The molecule has 0 aliphatic rings. The predicted octanol–water partition coefficient (Wildman–Crippen LogP) is 2.38. The van der Waals surface area contributed by atoms with E-state index in [0.717, 1.165) is 16.7 Å². The molecule has 0 atom stereocenters. The van der Waals surface area contributed by atoms with Crippen molar-refractivity contribution in [3.8, 4) is 5.75 Å². The summed E-state index contributed by atoms with van der Waals surface area (Å²) in [6, 6.07) is 6.94. The lowest BCUT2D eigenvalue weighted by molar-refractivity contribution is 0.301. The Labute approximate surface area is 115 Å². The maximum atomic E-state index is 11.4. The lowest BCUT2D eigenvalue weighted by Gasteiger charge is -2.10. The highest BCUT2D eigenvalue weighted by Gasteiger charge is 2.08. The molecule has 20 heavy (non-hydrogen) atoms. The quantitative estimate of drug-likeness (QED) is 0.683. The van der Waals surface area contributed by atoms with E-state index in [4.69, 9.17) is 9.15 Å². The Hall–Kier alpha value is -2.56. The molecule has 102 valence electrons. The molecule has 0 amide bonds. The van der Waals surface area contributed by atoms with Gasteiger partial charge in [0.05, 0.1) is 18.3 Å². The van der Waals surface area contributed by atoms with Crippen molar-refractivity contribution >= 4 is 11.0 Å². The van der Waals surface area contributed by atoms with Gasteiger partial charge in [-0.15, -0.1) is 0 Å². The van der Waals surface area contributed by atoms with E-state index in [1.807, 2.05) is 29.8 Å². The summed E-state index contributed by atoms with van der Waals surface area (Å²) in [6.07, 6.45) is 5.37. The van der Waals surface area contributed by atoms with E-state index in [1.165, 1.54) is 6.07 Å². The van der Waals surface area contributed by atoms with Gasteiger partial charge >= 0.3 is 5.63 Å². The molecule has 5 nitrogen and oxygen atoms in total. The molecule has 0 saturated heterocycles. The van der Waals surface area contributed by atoms with Crippen LogP contribution in [0.2, 0.25) is 0 Å². The van der Waals surface area contributed by atoms with Crippen LogP contribution in [-0.4, -0.2) is 16.2 Å². The maximum Gasteiger partial charge on any atom is 0.336 e. The smallest absolute Gasteiger partial charge is 0.336 e. The summed E-state index contributed by atoms with van der Waals surface area (Å²) in [5.74, 6) is 0.726. The van der Waals surface area contributed by atoms with E-state index in [2.05, 4.69) is 4.98 Å². The third kappa shape index (κ3) is 2.42. The van der Waals surface area contributed by atoms with Gasteiger partial charge in [-0.2, -0.15) is 0 Å². The molecule has 3 rings (SSSR count). The summed E-state index contributed by atoms with van der Waals surface area (Å²) < 4.78 is 12.9. The number of aryl methyl sites for hydroxylation is 1. The second-order valence-electron chi connectivity index (χ2n) is 4.53. The molecule has 0 aliphatic carbocycles. The summed E-state index contributed by atoms with van der Waals surface area (Å²) >= 11 is 0. The first kappa shape index (κ1) is 12.5. The van der Waals surface area contributed by atoms with Crippen LogP contribution in [0.15, 0.2) is 52.2 Å². The van der Waals surface area contributed by atoms with Crippen molar-refractivity contribution in [3.05, 3.63) is 59.0 Å².